The molecule has 1 aromatic heterocycles. The van der Waals surface area contributed by atoms with Gasteiger partial charge in [-0.1, -0.05) is 18.2 Å². The minimum atomic E-state index is -6.09. The van der Waals surface area contributed by atoms with Crippen LogP contribution in [0.15, 0.2) is 48.8 Å². The number of halogens is 9. The molecule has 176 valence electrons. The second-order valence-corrected chi connectivity index (χ2v) is 7.59. The quantitative estimate of drug-likeness (QED) is 0.216. The zero-order valence-electron chi connectivity index (χ0n) is 15.5. The number of fused-ring (bicyclic) bond motifs is 1. The van der Waals surface area contributed by atoms with E-state index in [4.69, 9.17) is 13.0 Å². The molecular weight excluding hydrogens is 483 g/mol. The highest BCUT2D eigenvalue weighted by Gasteiger charge is 2.42. The van der Waals surface area contributed by atoms with E-state index in [0.717, 1.165) is 6.07 Å². The first-order chi connectivity index (χ1) is 14.3. The van der Waals surface area contributed by atoms with Crippen molar-refractivity contribution in [2.75, 3.05) is 0 Å². The van der Waals surface area contributed by atoms with Gasteiger partial charge in [-0.05, 0) is 18.2 Å². The lowest BCUT2D eigenvalue weighted by Gasteiger charge is -2.12. The minimum Gasteiger partial charge on any atom is -0.741 e. The van der Waals surface area contributed by atoms with Crippen LogP contribution in [0.3, 0.4) is 0 Å². The lowest BCUT2D eigenvalue weighted by atomic mass is 10.1. The van der Waals surface area contributed by atoms with Crippen LogP contribution < -0.4 is 4.57 Å². The number of hydrogen-bond acceptors (Lipinski definition) is 3. The molecule has 0 radical (unpaired) electrons. The Morgan fingerprint density at radius 1 is 0.875 bits per heavy atom. The SMILES string of the molecule is C[n+]1cn(-c2ccccc2)c2c(C(F)(F)F)cc(C(F)(F)F)cc21.O=S(=O)([O-])C(F)(F)F. The Kier molecular flexibility index (Phi) is 6.58. The minimum absolute atomic E-state index is 0.152. The van der Waals surface area contributed by atoms with E-state index in [1.165, 1.54) is 22.5 Å². The fourth-order valence-electron chi connectivity index (χ4n) is 2.60. The van der Waals surface area contributed by atoms with Crippen LogP contribution in [0.25, 0.3) is 16.7 Å². The maximum Gasteiger partial charge on any atom is 0.485 e. The molecule has 0 saturated heterocycles. The lowest BCUT2D eigenvalue weighted by molar-refractivity contribution is -0.645. The summed E-state index contributed by atoms with van der Waals surface area (Å²) in [5.41, 5.74) is -8.34. The smallest absolute Gasteiger partial charge is 0.485 e. The van der Waals surface area contributed by atoms with Crippen molar-refractivity contribution in [2.24, 2.45) is 7.05 Å². The van der Waals surface area contributed by atoms with E-state index in [2.05, 4.69) is 0 Å². The van der Waals surface area contributed by atoms with Gasteiger partial charge >= 0.3 is 17.9 Å². The van der Waals surface area contributed by atoms with Crippen molar-refractivity contribution in [1.29, 1.82) is 0 Å². The van der Waals surface area contributed by atoms with Crippen molar-refractivity contribution >= 4 is 21.2 Å². The van der Waals surface area contributed by atoms with Crippen molar-refractivity contribution < 1.29 is 57.1 Å². The van der Waals surface area contributed by atoms with Gasteiger partial charge in [0, 0.05) is 6.07 Å². The molecule has 0 spiro atoms. The normalized spacial score (nSPS) is 13.1. The zero-order chi connectivity index (χ0) is 24.7. The number of imidazole rings is 1. The van der Waals surface area contributed by atoms with E-state index in [0.29, 0.717) is 5.69 Å². The fourth-order valence-corrected chi connectivity index (χ4v) is 2.60. The van der Waals surface area contributed by atoms with E-state index < -0.39 is 39.1 Å². The van der Waals surface area contributed by atoms with Crippen LogP contribution in [-0.4, -0.2) is 23.0 Å². The molecule has 5 nitrogen and oxygen atoms in total. The summed E-state index contributed by atoms with van der Waals surface area (Å²) in [6.45, 7) is 0. The Morgan fingerprint density at radius 2 is 1.38 bits per heavy atom. The first kappa shape index (κ1) is 25.5. The summed E-state index contributed by atoms with van der Waals surface area (Å²) in [5, 5.41) is 0. The van der Waals surface area contributed by atoms with Crippen LogP contribution in [0.4, 0.5) is 39.5 Å². The zero-order valence-corrected chi connectivity index (χ0v) is 16.4. The molecule has 0 aliphatic heterocycles. The maximum absolute atomic E-state index is 13.4. The molecule has 0 bridgehead atoms. The second kappa shape index (κ2) is 8.27. The monoisotopic (exact) mass is 494 g/mol. The van der Waals surface area contributed by atoms with Gasteiger partial charge in [-0.15, -0.1) is 0 Å². The lowest BCUT2D eigenvalue weighted by Crippen LogP contribution is -2.26. The van der Waals surface area contributed by atoms with E-state index in [-0.39, 0.29) is 17.1 Å². The van der Waals surface area contributed by atoms with Gasteiger partial charge in [-0.25, -0.2) is 13.0 Å². The molecule has 0 N–H and O–H groups in total. The molecule has 0 aliphatic carbocycles. The largest absolute Gasteiger partial charge is 0.741 e. The molecule has 0 saturated carbocycles. The second-order valence-electron chi connectivity index (χ2n) is 6.22. The molecule has 2 aromatic carbocycles. The van der Waals surface area contributed by atoms with Crippen molar-refractivity contribution in [3.63, 3.8) is 0 Å². The third-order valence-electron chi connectivity index (χ3n) is 3.95. The average molecular weight is 494 g/mol. The molecule has 0 aliphatic rings. The molecule has 0 amide bonds. The number of rotatable bonds is 1. The summed E-state index contributed by atoms with van der Waals surface area (Å²) < 4.78 is 140. The van der Waals surface area contributed by atoms with E-state index >= 15 is 0 Å². The van der Waals surface area contributed by atoms with Gasteiger partial charge < -0.3 is 4.55 Å². The van der Waals surface area contributed by atoms with Gasteiger partial charge in [0.25, 0.3) is 0 Å². The van der Waals surface area contributed by atoms with Crippen molar-refractivity contribution in [1.82, 2.24) is 4.57 Å². The summed E-state index contributed by atoms with van der Waals surface area (Å²) in [7, 11) is -4.69. The highest BCUT2D eigenvalue weighted by molar-refractivity contribution is 7.86. The highest BCUT2D eigenvalue weighted by Crippen LogP contribution is 2.40. The van der Waals surface area contributed by atoms with E-state index in [9.17, 15) is 39.5 Å². The number of aromatic nitrogens is 2. The van der Waals surface area contributed by atoms with Crippen LogP contribution >= 0.6 is 0 Å². The molecule has 3 rings (SSSR count). The number of benzene rings is 2. The average Bonchev–Trinajstić information content (AvgIpc) is 2.96. The Morgan fingerprint density at radius 3 is 1.78 bits per heavy atom. The molecular formula is C17H11F9N2O3S. The topological polar surface area (TPSA) is 66.0 Å². The number of alkyl halides is 9. The molecule has 1 heterocycles. The van der Waals surface area contributed by atoms with Gasteiger partial charge in [0.05, 0.1) is 12.6 Å². The van der Waals surface area contributed by atoms with Crippen LogP contribution in [-0.2, 0) is 29.5 Å². The van der Waals surface area contributed by atoms with Gasteiger partial charge in [0.2, 0.25) is 6.33 Å². The third-order valence-corrected chi connectivity index (χ3v) is 4.52. The first-order valence-corrected chi connectivity index (χ1v) is 9.51. The summed E-state index contributed by atoms with van der Waals surface area (Å²) in [4.78, 5) is 0. The Balaban J connectivity index is 0.000000390. The number of nitrogens with zero attached hydrogens (tertiary/aromatic N) is 2. The summed E-state index contributed by atoms with van der Waals surface area (Å²) in [6.07, 6.45) is -8.46. The fraction of sp³-hybridized carbons (Fsp3) is 0.235. The number of para-hydroxylation sites is 1. The highest BCUT2D eigenvalue weighted by atomic mass is 32.2. The summed E-state index contributed by atoms with van der Waals surface area (Å²) >= 11 is 0. The molecule has 15 heteroatoms. The number of aryl methyl sites for hydroxylation is 1. The Bertz CT molecular complexity index is 1210. The Hall–Kier alpha value is -2.81. The van der Waals surface area contributed by atoms with Gasteiger partial charge in [0.1, 0.15) is 11.3 Å². The molecule has 0 unspecified atom stereocenters. The van der Waals surface area contributed by atoms with Crippen LogP contribution in [0.1, 0.15) is 11.1 Å². The van der Waals surface area contributed by atoms with Crippen LogP contribution in [0.5, 0.6) is 0 Å². The van der Waals surface area contributed by atoms with Gasteiger partial charge in [-0.3, -0.25) is 0 Å². The summed E-state index contributed by atoms with van der Waals surface area (Å²) in [5.74, 6) is 0. The third kappa shape index (κ3) is 5.51. The van der Waals surface area contributed by atoms with Crippen LogP contribution in [0.2, 0.25) is 0 Å². The Labute approximate surface area is 174 Å². The molecule has 32 heavy (non-hydrogen) atoms. The van der Waals surface area contributed by atoms with Gasteiger partial charge in [0.15, 0.2) is 21.2 Å². The van der Waals surface area contributed by atoms with Crippen molar-refractivity contribution in [2.45, 2.75) is 17.9 Å². The van der Waals surface area contributed by atoms with E-state index in [1.807, 2.05) is 0 Å². The summed E-state index contributed by atoms with van der Waals surface area (Å²) in [6, 6.07) is 9.01. The van der Waals surface area contributed by atoms with Crippen molar-refractivity contribution in [3.05, 3.63) is 59.9 Å². The predicted molar refractivity (Wildman–Crippen MR) is 90.2 cm³/mol. The van der Waals surface area contributed by atoms with E-state index in [1.54, 1.807) is 30.3 Å². The predicted octanol–water partition coefficient (Wildman–Crippen LogP) is 4.54. The standard InChI is InChI=1S/C16H11F6N2.CHF3O3S/c1-23-9-24(11-5-3-2-4-6-11)14-12(16(20,21)22)7-10(8-13(14)23)15(17,18)19;2-1(3,4)8(5,6)7/h2-9H,1H3;(H,5,6,7)/q+1;/p-1. The molecule has 0 fully saturated rings. The first-order valence-electron chi connectivity index (χ1n) is 8.10. The van der Waals surface area contributed by atoms with Crippen molar-refractivity contribution in [3.8, 4) is 5.69 Å². The maximum atomic E-state index is 13.4. The number of hydrogen-bond donors (Lipinski definition) is 0. The van der Waals surface area contributed by atoms with Gasteiger partial charge in [-0.2, -0.15) is 44.1 Å². The molecule has 0 atom stereocenters. The molecule has 3 aromatic rings. The van der Waals surface area contributed by atoms with Crippen LogP contribution in [0, 0.1) is 0 Å².